The van der Waals surface area contributed by atoms with Crippen LogP contribution in [0, 0.1) is 17.8 Å². The standard InChI is InChI=1S/C25H26N4O4/c1-16-4-5-19(33-16)23(32)29-14-24-7-2-3-8-25(24,15-29)13-28(12-24)22(31)18-10-17-6-9-26-21(30)20(17)27-11-18/h4-6,9-11H,2-3,7-8,12-15H2,1H3,(H,26,30). The Balaban J connectivity index is 1.28. The number of aromatic nitrogens is 2. The van der Waals surface area contributed by atoms with Crippen LogP contribution in [0.2, 0.25) is 0 Å². The van der Waals surface area contributed by atoms with E-state index >= 15 is 0 Å². The summed E-state index contributed by atoms with van der Waals surface area (Å²) in [7, 11) is 0. The van der Waals surface area contributed by atoms with Gasteiger partial charge in [0.05, 0.1) is 5.56 Å². The molecule has 3 aromatic rings. The second-order valence-corrected chi connectivity index (χ2v) is 9.97. The highest BCUT2D eigenvalue weighted by Gasteiger charge is 2.64. The number of hydrogen-bond donors (Lipinski definition) is 1. The lowest BCUT2D eigenvalue weighted by Gasteiger charge is -2.41. The predicted molar refractivity (Wildman–Crippen MR) is 121 cm³/mol. The fourth-order valence-electron chi connectivity index (χ4n) is 6.48. The molecule has 2 amide bonds. The van der Waals surface area contributed by atoms with Gasteiger partial charge in [0.25, 0.3) is 17.4 Å². The Morgan fingerprint density at radius 1 is 1.00 bits per heavy atom. The van der Waals surface area contributed by atoms with Gasteiger partial charge in [-0.3, -0.25) is 14.4 Å². The molecule has 8 heteroatoms. The quantitative estimate of drug-likeness (QED) is 0.652. The van der Waals surface area contributed by atoms with Crippen molar-refractivity contribution >= 4 is 22.7 Å². The number of likely N-dealkylation sites (tertiary alicyclic amines) is 2. The van der Waals surface area contributed by atoms with E-state index < -0.39 is 0 Å². The van der Waals surface area contributed by atoms with Crippen LogP contribution >= 0.6 is 0 Å². The molecule has 0 aromatic carbocycles. The second kappa shape index (κ2) is 7.04. The van der Waals surface area contributed by atoms with Crippen molar-refractivity contribution in [2.24, 2.45) is 10.8 Å². The number of hydrogen-bond acceptors (Lipinski definition) is 5. The summed E-state index contributed by atoms with van der Waals surface area (Å²) in [6, 6.07) is 7.08. The van der Waals surface area contributed by atoms with Crippen LogP contribution in [0.5, 0.6) is 0 Å². The minimum absolute atomic E-state index is 0.0556. The summed E-state index contributed by atoms with van der Waals surface area (Å²) >= 11 is 0. The third-order valence-electron chi connectivity index (χ3n) is 8.04. The van der Waals surface area contributed by atoms with Gasteiger partial charge in [0, 0.05) is 54.8 Å². The number of aromatic amines is 1. The van der Waals surface area contributed by atoms with Gasteiger partial charge in [0.15, 0.2) is 5.76 Å². The lowest BCUT2D eigenvalue weighted by Crippen LogP contribution is -2.42. The van der Waals surface area contributed by atoms with E-state index in [-0.39, 0.29) is 28.2 Å². The largest absolute Gasteiger partial charge is 0.456 e. The molecular weight excluding hydrogens is 420 g/mol. The molecule has 5 heterocycles. The Hall–Kier alpha value is -3.42. The SMILES string of the molecule is Cc1ccc(C(=O)N2CC34CCCCC3(CN(C(=O)c3cnc5c(=O)[nH]ccc5c3)C4)C2)o1. The zero-order chi connectivity index (χ0) is 22.8. The lowest BCUT2D eigenvalue weighted by molar-refractivity contribution is 0.0689. The molecule has 3 aromatic heterocycles. The normalized spacial score (nSPS) is 26.5. The van der Waals surface area contributed by atoms with Crippen molar-refractivity contribution in [2.75, 3.05) is 26.2 Å². The van der Waals surface area contributed by atoms with Crippen LogP contribution in [-0.2, 0) is 0 Å². The predicted octanol–water partition coefficient (Wildman–Crippen LogP) is 2.98. The van der Waals surface area contributed by atoms with E-state index in [1.807, 2.05) is 22.8 Å². The van der Waals surface area contributed by atoms with Crippen LogP contribution < -0.4 is 5.56 Å². The third-order valence-corrected chi connectivity index (χ3v) is 8.04. The fourth-order valence-corrected chi connectivity index (χ4v) is 6.48. The molecule has 2 unspecified atom stereocenters. The van der Waals surface area contributed by atoms with E-state index in [4.69, 9.17) is 4.42 Å². The van der Waals surface area contributed by atoms with Gasteiger partial charge in [-0.2, -0.15) is 0 Å². The minimum Gasteiger partial charge on any atom is -0.456 e. The summed E-state index contributed by atoms with van der Waals surface area (Å²) in [4.78, 5) is 49.3. The third kappa shape index (κ3) is 2.96. The highest BCUT2D eigenvalue weighted by atomic mass is 16.3. The summed E-state index contributed by atoms with van der Waals surface area (Å²) in [6.07, 6.45) is 7.34. The van der Waals surface area contributed by atoms with Crippen LogP contribution in [0.25, 0.3) is 10.9 Å². The fraction of sp³-hybridized carbons (Fsp3) is 0.440. The van der Waals surface area contributed by atoms with Crippen LogP contribution in [0.4, 0.5) is 0 Å². The van der Waals surface area contributed by atoms with Crippen molar-refractivity contribution in [1.82, 2.24) is 19.8 Å². The van der Waals surface area contributed by atoms with Gasteiger partial charge in [-0.15, -0.1) is 0 Å². The Bertz CT molecular complexity index is 1320. The molecule has 3 fully saturated rings. The first kappa shape index (κ1) is 20.2. The molecule has 1 aliphatic carbocycles. The molecule has 0 bridgehead atoms. The molecule has 2 saturated heterocycles. The topological polar surface area (TPSA) is 99.5 Å². The maximum Gasteiger partial charge on any atom is 0.289 e. The van der Waals surface area contributed by atoms with Gasteiger partial charge in [-0.1, -0.05) is 12.8 Å². The van der Waals surface area contributed by atoms with E-state index in [1.54, 1.807) is 24.4 Å². The van der Waals surface area contributed by atoms with Crippen molar-refractivity contribution in [1.29, 1.82) is 0 Å². The molecule has 3 aliphatic rings. The molecule has 170 valence electrons. The van der Waals surface area contributed by atoms with Crippen LogP contribution in [0.1, 0.15) is 52.4 Å². The molecule has 2 aliphatic heterocycles. The minimum atomic E-state index is -0.262. The maximum atomic E-state index is 13.5. The van der Waals surface area contributed by atoms with Gasteiger partial charge >= 0.3 is 0 Å². The zero-order valence-corrected chi connectivity index (χ0v) is 18.6. The van der Waals surface area contributed by atoms with E-state index in [9.17, 15) is 14.4 Å². The average Bonchev–Trinajstić information content (AvgIpc) is 3.48. The number of aryl methyl sites for hydroxylation is 1. The number of pyridine rings is 2. The van der Waals surface area contributed by atoms with Gasteiger partial charge in [-0.05, 0) is 44.0 Å². The first-order valence-corrected chi connectivity index (χ1v) is 11.5. The number of nitrogens with zero attached hydrogens (tertiary/aromatic N) is 3. The highest BCUT2D eigenvalue weighted by Crippen LogP contribution is 2.60. The summed E-state index contributed by atoms with van der Waals surface area (Å²) < 4.78 is 5.60. The first-order chi connectivity index (χ1) is 15.9. The number of fused-ring (bicyclic) bond motifs is 1. The Morgan fingerprint density at radius 3 is 2.30 bits per heavy atom. The Morgan fingerprint density at radius 2 is 1.67 bits per heavy atom. The van der Waals surface area contributed by atoms with E-state index in [0.29, 0.717) is 48.4 Å². The zero-order valence-electron chi connectivity index (χ0n) is 18.6. The monoisotopic (exact) mass is 446 g/mol. The number of carbonyl (C=O) groups excluding carboxylic acids is 2. The van der Waals surface area contributed by atoms with Crippen LogP contribution in [0.15, 0.2) is 45.9 Å². The summed E-state index contributed by atoms with van der Waals surface area (Å²) in [6.45, 7) is 4.43. The van der Waals surface area contributed by atoms with Gasteiger partial charge in [-0.25, -0.2) is 4.98 Å². The Labute approximate surface area is 190 Å². The molecule has 2 atom stereocenters. The Kier molecular flexibility index (Phi) is 4.31. The first-order valence-electron chi connectivity index (χ1n) is 11.5. The summed E-state index contributed by atoms with van der Waals surface area (Å²) in [5.41, 5.74) is 0.402. The highest BCUT2D eigenvalue weighted by molar-refractivity contribution is 5.97. The average molecular weight is 447 g/mol. The number of furan rings is 1. The van der Waals surface area contributed by atoms with Crippen molar-refractivity contribution < 1.29 is 14.0 Å². The number of amides is 2. The molecule has 0 radical (unpaired) electrons. The van der Waals surface area contributed by atoms with Crippen molar-refractivity contribution in [3.05, 3.63) is 64.1 Å². The van der Waals surface area contributed by atoms with Gasteiger partial charge in [0.2, 0.25) is 0 Å². The number of carbonyl (C=O) groups is 2. The lowest BCUT2D eigenvalue weighted by atomic mass is 9.60. The molecule has 0 spiro atoms. The van der Waals surface area contributed by atoms with Crippen molar-refractivity contribution in [3.8, 4) is 0 Å². The summed E-state index contributed by atoms with van der Waals surface area (Å²) in [5.74, 6) is 1.01. The van der Waals surface area contributed by atoms with E-state index in [0.717, 1.165) is 31.4 Å². The van der Waals surface area contributed by atoms with E-state index in [1.165, 1.54) is 6.20 Å². The van der Waals surface area contributed by atoms with E-state index in [2.05, 4.69) is 9.97 Å². The van der Waals surface area contributed by atoms with Crippen molar-refractivity contribution in [2.45, 2.75) is 32.6 Å². The molecular formula is C25H26N4O4. The maximum absolute atomic E-state index is 13.5. The number of nitrogens with one attached hydrogen (secondary N) is 1. The number of rotatable bonds is 2. The molecule has 6 rings (SSSR count). The summed E-state index contributed by atoms with van der Waals surface area (Å²) in [5, 5.41) is 0.656. The molecule has 1 N–H and O–H groups in total. The number of H-pyrrole nitrogens is 1. The van der Waals surface area contributed by atoms with Crippen molar-refractivity contribution in [3.63, 3.8) is 0 Å². The van der Waals surface area contributed by atoms with Gasteiger partial charge < -0.3 is 19.2 Å². The smallest absolute Gasteiger partial charge is 0.289 e. The molecule has 1 saturated carbocycles. The van der Waals surface area contributed by atoms with Crippen LogP contribution in [0.3, 0.4) is 0 Å². The molecule has 33 heavy (non-hydrogen) atoms. The van der Waals surface area contributed by atoms with Gasteiger partial charge in [0.1, 0.15) is 11.3 Å². The molecule has 8 nitrogen and oxygen atoms in total. The van der Waals surface area contributed by atoms with Crippen LogP contribution in [-0.4, -0.2) is 57.8 Å². The second-order valence-electron chi connectivity index (χ2n) is 9.97.